The van der Waals surface area contributed by atoms with E-state index >= 15 is 0 Å². The Morgan fingerprint density at radius 3 is 1.44 bits per heavy atom. The topological polar surface area (TPSA) is 162 Å². The molecule has 0 bridgehead atoms. The summed E-state index contributed by atoms with van der Waals surface area (Å²) in [5.41, 5.74) is 8.73. The van der Waals surface area contributed by atoms with Crippen molar-refractivity contribution in [2.45, 2.75) is 125 Å². The molecule has 5 rings (SSSR count). The fraction of sp³-hybridized carbons (Fsp3) is 0.490. The van der Waals surface area contributed by atoms with E-state index in [0.717, 1.165) is 50.0 Å². The number of aryl methyl sites for hydroxylation is 5. The first-order valence-electron chi connectivity index (χ1n) is 21.8. The van der Waals surface area contributed by atoms with Crippen LogP contribution in [0.3, 0.4) is 0 Å². The molecule has 12 nitrogen and oxygen atoms in total. The van der Waals surface area contributed by atoms with E-state index in [1.165, 1.54) is 4.80 Å². The van der Waals surface area contributed by atoms with Gasteiger partial charge in [-0.25, -0.2) is 0 Å². The first-order valence-corrected chi connectivity index (χ1v) is 22.2. The van der Waals surface area contributed by atoms with Crippen LogP contribution >= 0.6 is 11.6 Å². The van der Waals surface area contributed by atoms with Crippen LogP contribution in [0.4, 0.5) is 0 Å². The fourth-order valence-corrected chi connectivity index (χ4v) is 7.17. The molecular formula is C51H68ClN3O9. The molecule has 0 spiro atoms. The summed E-state index contributed by atoms with van der Waals surface area (Å²) in [5, 5.41) is 40.9. The molecule has 1 aromatic heterocycles. The van der Waals surface area contributed by atoms with Gasteiger partial charge >= 0.3 is 11.9 Å². The van der Waals surface area contributed by atoms with Crippen LogP contribution in [0.15, 0.2) is 54.6 Å². The molecule has 0 aliphatic carbocycles. The molecule has 0 radical (unpaired) electrons. The van der Waals surface area contributed by atoms with Gasteiger partial charge in [0.1, 0.15) is 47.2 Å². The molecule has 0 fully saturated rings. The SMILES string of the molecule is Cc1cc(-n2nc3ccc(Cl)cc3n2)c(O)c(C(C)(C)C)c1.Cc1cc(CCC(=O)OCCOCCOCCOC(=O)CCc2cc(C)c(O)c(C(C)(C)C)c2)cc(C(C)(C)C)c1O. The second-order valence-electron chi connectivity index (χ2n) is 19.3. The highest BCUT2D eigenvalue weighted by atomic mass is 35.5. The molecule has 3 N–H and O–H groups in total. The van der Waals surface area contributed by atoms with E-state index in [2.05, 4.69) is 31.0 Å². The molecule has 13 heteroatoms. The van der Waals surface area contributed by atoms with Gasteiger partial charge in [-0.3, -0.25) is 9.59 Å². The van der Waals surface area contributed by atoms with Crippen molar-refractivity contribution in [1.82, 2.24) is 15.0 Å². The van der Waals surface area contributed by atoms with Crippen molar-refractivity contribution in [3.8, 4) is 22.9 Å². The zero-order valence-corrected chi connectivity index (χ0v) is 40.5. The highest BCUT2D eigenvalue weighted by Crippen LogP contribution is 2.37. The summed E-state index contributed by atoms with van der Waals surface area (Å²) in [6.45, 7) is 25.7. The molecule has 64 heavy (non-hydrogen) atoms. The average molecular weight is 903 g/mol. The first-order chi connectivity index (χ1) is 29.8. The number of aromatic hydroxyl groups is 3. The minimum absolute atomic E-state index is 0.163. The normalized spacial score (nSPS) is 12.0. The molecule has 0 saturated heterocycles. The number of phenolic OH excluding ortho intramolecular Hbond substituents is 3. The lowest BCUT2D eigenvalue weighted by atomic mass is 9.83. The Bertz CT molecular complexity index is 2290. The van der Waals surface area contributed by atoms with E-state index in [-0.39, 0.29) is 73.2 Å². The van der Waals surface area contributed by atoms with E-state index in [1.807, 2.05) is 105 Å². The van der Waals surface area contributed by atoms with Crippen LogP contribution in [0.25, 0.3) is 16.7 Å². The highest BCUT2D eigenvalue weighted by molar-refractivity contribution is 6.31. The van der Waals surface area contributed by atoms with Gasteiger partial charge < -0.3 is 34.3 Å². The maximum atomic E-state index is 12.1. The monoisotopic (exact) mass is 901 g/mol. The Kier molecular flexibility index (Phi) is 17.8. The Hall–Kier alpha value is -5.17. The van der Waals surface area contributed by atoms with Gasteiger partial charge in [0, 0.05) is 23.4 Å². The maximum absolute atomic E-state index is 12.1. The van der Waals surface area contributed by atoms with Gasteiger partial charge in [0.05, 0.1) is 26.4 Å². The number of phenols is 3. The number of nitrogens with zero attached hydrogens (tertiary/aromatic N) is 3. The summed E-state index contributed by atoms with van der Waals surface area (Å²) >= 11 is 5.99. The number of halogens is 1. The minimum atomic E-state index is -0.296. The largest absolute Gasteiger partial charge is 0.507 e. The van der Waals surface area contributed by atoms with Crippen LogP contribution in [0.5, 0.6) is 17.2 Å². The number of carbonyl (C=O) groups excluding carboxylic acids is 2. The number of hydrogen-bond acceptors (Lipinski definition) is 11. The molecule has 4 aromatic carbocycles. The second-order valence-corrected chi connectivity index (χ2v) is 19.8. The van der Waals surface area contributed by atoms with E-state index < -0.39 is 0 Å². The van der Waals surface area contributed by atoms with E-state index in [0.29, 0.717) is 53.8 Å². The van der Waals surface area contributed by atoms with Gasteiger partial charge in [0.2, 0.25) is 0 Å². The van der Waals surface area contributed by atoms with Crippen LogP contribution in [-0.2, 0) is 57.6 Å². The zero-order valence-electron chi connectivity index (χ0n) is 39.8. The Labute approximate surface area is 383 Å². The Morgan fingerprint density at radius 2 is 0.984 bits per heavy atom. The van der Waals surface area contributed by atoms with E-state index in [9.17, 15) is 24.9 Å². The number of benzene rings is 4. The third-order valence-corrected chi connectivity index (χ3v) is 10.8. The lowest BCUT2D eigenvalue weighted by molar-refractivity contribution is -0.146. The second kappa shape index (κ2) is 22.1. The summed E-state index contributed by atoms with van der Waals surface area (Å²) in [4.78, 5) is 25.7. The summed E-state index contributed by atoms with van der Waals surface area (Å²) in [5.74, 6) is 0.236. The number of aromatic nitrogens is 3. The molecule has 0 atom stereocenters. The fourth-order valence-electron chi connectivity index (χ4n) is 7.01. The summed E-state index contributed by atoms with van der Waals surface area (Å²) in [6.07, 6.45) is 1.58. The predicted octanol–water partition coefficient (Wildman–Crippen LogP) is 10.4. The molecule has 0 aliphatic rings. The molecule has 0 unspecified atom stereocenters. The third kappa shape index (κ3) is 15.0. The number of fused-ring (bicyclic) bond motifs is 1. The molecule has 348 valence electrons. The molecule has 0 aliphatic heterocycles. The van der Waals surface area contributed by atoms with E-state index in [4.69, 9.17) is 30.5 Å². The molecule has 0 saturated carbocycles. The van der Waals surface area contributed by atoms with Crippen LogP contribution in [0.1, 0.15) is 120 Å². The van der Waals surface area contributed by atoms with Crippen molar-refractivity contribution < 1.29 is 43.9 Å². The molecule has 0 amide bonds. The van der Waals surface area contributed by atoms with Gasteiger partial charge in [-0.1, -0.05) is 104 Å². The van der Waals surface area contributed by atoms with Gasteiger partial charge in [-0.05, 0) is 113 Å². The van der Waals surface area contributed by atoms with Gasteiger partial charge in [-0.15, -0.1) is 15.0 Å². The molecular weight excluding hydrogens is 834 g/mol. The number of carbonyl (C=O) groups is 2. The van der Waals surface area contributed by atoms with Crippen LogP contribution in [0.2, 0.25) is 5.02 Å². The number of rotatable bonds is 16. The number of esters is 2. The van der Waals surface area contributed by atoms with Crippen molar-refractivity contribution in [2.24, 2.45) is 0 Å². The Balaban J connectivity index is 0.000000338. The van der Waals surface area contributed by atoms with Gasteiger partial charge in [0.15, 0.2) is 0 Å². The highest BCUT2D eigenvalue weighted by Gasteiger charge is 2.24. The van der Waals surface area contributed by atoms with Gasteiger partial charge in [0.25, 0.3) is 0 Å². The van der Waals surface area contributed by atoms with Gasteiger partial charge in [-0.2, -0.15) is 0 Å². The summed E-state index contributed by atoms with van der Waals surface area (Å²) in [6, 6.07) is 17.0. The van der Waals surface area contributed by atoms with Crippen LogP contribution < -0.4 is 0 Å². The Morgan fingerprint density at radius 1 is 0.562 bits per heavy atom. The third-order valence-electron chi connectivity index (χ3n) is 10.5. The summed E-state index contributed by atoms with van der Waals surface area (Å²) < 4.78 is 21.4. The van der Waals surface area contributed by atoms with Crippen molar-refractivity contribution in [3.63, 3.8) is 0 Å². The van der Waals surface area contributed by atoms with Crippen molar-refractivity contribution in [3.05, 3.63) is 104 Å². The van der Waals surface area contributed by atoms with E-state index in [1.54, 1.807) is 12.1 Å². The number of hydrogen-bond donors (Lipinski definition) is 3. The molecule has 1 heterocycles. The van der Waals surface area contributed by atoms with Crippen molar-refractivity contribution >= 4 is 34.6 Å². The maximum Gasteiger partial charge on any atom is 0.306 e. The first kappa shape index (κ1) is 51.5. The quantitative estimate of drug-likeness (QED) is 0.0638. The standard InChI is InChI=1S/C34H50O8.C17H18ClN3O/c1-23-19-25(21-27(31(23)37)33(3,4)5)9-11-29(35)41-17-15-39-13-14-40-16-18-42-30(36)12-10-26-20-24(2)32(38)28(22-26)34(6,7)8;1-10-7-12(17(2,3)4)16(22)15(8-10)21-19-13-6-5-11(18)9-14(13)20-21/h19-22,37-38H,9-18H2,1-8H3;5-9,22H,1-4H3. The predicted molar refractivity (Wildman–Crippen MR) is 252 cm³/mol. The number of ether oxygens (including phenoxy) is 4. The lowest BCUT2D eigenvalue weighted by Gasteiger charge is -2.22. The molecule has 5 aromatic rings. The van der Waals surface area contributed by atoms with Crippen molar-refractivity contribution in [2.75, 3.05) is 39.6 Å². The smallest absolute Gasteiger partial charge is 0.306 e. The lowest BCUT2D eigenvalue weighted by Crippen LogP contribution is -2.16. The van der Waals surface area contributed by atoms with Crippen molar-refractivity contribution in [1.29, 1.82) is 0 Å². The van der Waals surface area contributed by atoms with Crippen LogP contribution in [0, 0.1) is 20.8 Å². The summed E-state index contributed by atoms with van der Waals surface area (Å²) in [7, 11) is 0. The zero-order chi connectivity index (χ0) is 47.6. The van der Waals surface area contributed by atoms with Crippen LogP contribution in [-0.4, -0.2) is 81.9 Å². The average Bonchev–Trinajstić information content (AvgIpc) is 3.62. The minimum Gasteiger partial charge on any atom is -0.507 e.